The number of oxime groups is 1. The van der Waals surface area contributed by atoms with Crippen molar-refractivity contribution in [3.63, 3.8) is 0 Å². The largest absolute Gasteiger partial charge is 0.409 e. The van der Waals surface area contributed by atoms with Crippen LogP contribution in [0.3, 0.4) is 0 Å². The average Bonchev–Trinajstić information content (AvgIpc) is 3.40. The van der Waals surface area contributed by atoms with Gasteiger partial charge < -0.3 is 15.8 Å². The van der Waals surface area contributed by atoms with Crippen LogP contribution in [0.25, 0.3) is 0 Å². The van der Waals surface area contributed by atoms with E-state index in [4.69, 9.17) is 10.9 Å². The van der Waals surface area contributed by atoms with E-state index in [1.165, 1.54) is 0 Å². The summed E-state index contributed by atoms with van der Waals surface area (Å²) in [5.74, 6) is 0.0637. The third-order valence-corrected chi connectivity index (χ3v) is 5.23. The van der Waals surface area contributed by atoms with Crippen molar-refractivity contribution in [3.8, 4) is 0 Å². The van der Waals surface area contributed by atoms with Crippen LogP contribution in [0.15, 0.2) is 57.4 Å². The van der Waals surface area contributed by atoms with Crippen molar-refractivity contribution in [2.45, 2.75) is 28.7 Å². The molecule has 0 radical (unpaired) electrons. The molecule has 5 nitrogen and oxygen atoms in total. The van der Waals surface area contributed by atoms with E-state index in [2.05, 4.69) is 5.16 Å². The fraction of sp³-hybridized carbons (Fsp3) is 0.176. The Morgan fingerprint density at radius 2 is 2.00 bits per heavy atom. The van der Waals surface area contributed by atoms with Crippen molar-refractivity contribution in [1.82, 2.24) is 0 Å². The molecule has 1 amide bonds. The summed E-state index contributed by atoms with van der Waals surface area (Å²) < 4.78 is 0. The fourth-order valence-electron chi connectivity index (χ4n) is 2.79. The standard InChI is InChI=1S/C17H15N3O2S/c18-16(19-22)10-5-8-15-13(9-10)20(11-6-7-11)17(21)12-3-1-2-4-14(12)23-15/h1-5,8-9,11,22H,6-7H2,(H2,18,19). The van der Waals surface area contributed by atoms with Gasteiger partial charge in [-0.15, -0.1) is 0 Å². The first-order valence-electron chi connectivity index (χ1n) is 7.41. The zero-order chi connectivity index (χ0) is 16.0. The van der Waals surface area contributed by atoms with Gasteiger partial charge in [-0.3, -0.25) is 4.79 Å². The third kappa shape index (κ3) is 2.35. The molecular weight excluding hydrogens is 310 g/mol. The van der Waals surface area contributed by atoms with Crippen LogP contribution in [-0.4, -0.2) is 23.0 Å². The van der Waals surface area contributed by atoms with E-state index < -0.39 is 0 Å². The second kappa shape index (κ2) is 5.31. The number of fused-ring (bicyclic) bond motifs is 2. The van der Waals surface area contributed by atoms with Crippen molar-refractivity contribution >= 4 is 29.2 Å². The lowest BCUT2D eigenvalue weighted by Gasteiger charge is -2.23. The van der Waals surface area contributed by atoms with E-state index in [0.717, 1.165) is 33.9 Å². The van der Waals surface area contributed by atoms with Gasteiger partial charge >= 0.3 is 0 Å². The number of anilines is 1. The molecule has 6 heteroatoms. The highest BCUT2D eigenvalue weighted by Crippen LogP contribution is 2.45. The van der Waals surface area contributed by atoms with Crippen LogP contribution in [-0.2, 0) is 0 Å². The van der Waals surface area contributed by atoms with Gasteiger partial charge in [-0.25, -0.2) is 0 Å². The average molecular weight is 325 g/mol. The molecular formula is C17H15N3O2S. The lowest BCUT2D eigenvalue weighted by Crippen LogP contribution is -2.33. The molecule has 2 aliphatic rings. The van der Waals surface area contributed by atoms with Crippen LogP contribution < -0.4 is 10.6 Å². The molecule has 1 aliphatic heterocycles. The van der Waals surface area contributed by atoms with Crippen molar-refractivity contribution in [1.29, 1.82) is 0 Å². The Morgan fingerprint density at radius 1 is 1.22 bits per heavy atom. The molecule has 0 spiro atoms. The number of hydrogen-bond acceptors (Lipinski definition) is 4. The highest BCUT2D eigenvalue weighted by atomic mass is 32.2. The normalized spacial score (nSPS) is 17.5. The molecule has 1 fully saturated rings. The van der Waals surface area contributed by atoms with Crippen molar-refractivity contribution < 1.29 is 10.0 Å². The fourth-order valence-corrected chi connectivity index (χ4v) is 3.84. The van der Waals surface area contributed by atoms with Gasteiger partial charge in [0.05, 0.1) is 11.3 Å². The number of amides is 1. The first-order valence-corrected chi connectivity index (χ1v) is 8.23. The Morgan fingerprint density at radius 3 is 2.74 bits per heavy atom. The van der Waals surface area contributed by atoms with Gasteiger partial charge in [-0.2, -0.15) is 0 Å². The van der Waals surface area contributed by atoms with E-state index in [1.54, 1.807) is 11.8 Å². The number of nitrogens with two attached hydrogens (primary N) is 1. The summed E-state index contributed by atoms with van der Waals surface area (Å²) >= 11 is 1.58. The first-order chi connectivity index (χ1) is 11.2. The number of benzene rings is 2. The first kappa shape index (κ1) is 14.1. The Balaban J connectivity index is 1.91. The molecule has 0 atom stereocenters. The monoisotopic (exact) mass is 325 g/mol. The minimum absolute atomic E-state index is 0.0195. The Kier molecular flexibility index (Phi) is 3.27. The number of hydrogen-bond donors (Lipinski definition) is 2. The van der Waals surface area contributed by atoms with Crippen LogP contribution in [0.1, 0.15) is 28.8 Å². The van der Waals surface area contributed by atoms with E-state index >= 15 is 0 Å². The topological polar surface area (TPSA) is 78.9 Å². The Bertz CT molecular complexity index is 830. The minimum Gasteiger partial charge on any atom is -0.409 e. The van der Waals surface area contributed by atoms with E-state index in [9.17, 15) is 4.79 Å². The number of carbonyl (C=O) groups excluding carboxylic acids is 1. The molecule has 1 saturated carbocycles. The molecule has 0 aromatic heterocycles. The van der Waals surface area contributed by atoms with Crippen LogP contribution >= 0.6 is 11.8 Å². The number of amidine groups is 1. The molecule has 4 rings (SSSR count). The van der Waals surface area contributed by atoms with Gasteiger partial charge in [0, 0.05) is 21.4 Å². The number of rotatable bonds is 2. The van der Waals surface area contributed by atoms with Crippen LogP contribution in [0.5, 0.6) is 0 Å². The van der Waals surface area contributed by atoms with Crippen molar-refractivity contribution in [2.24, 2.45) is 10.9 Å². The maximum Gasteiger partial charge on any atom is 0.259 e. The summed E-state index contributed by atoms with van der Waals surface area (Å²) in [6.07, 6.45) is 2.01. The second-order valence-corrected chi connectivity index (χ2v) is 6.76. The highest BCUT2D eigenvalue weighted by Gasteiger charge is 2.38. The van der Waals surface area contributed by atoms with Gasteiger partial charge in [0.2, 0.25) is 0 Å². The second-order valence-electron chi connectivity index (χ2n) is 5.67. The Hall–Kier alpha value is -2.47. The van der Waals surface area contributed by atoms with Gasteiger partial charge in [-0.1, -0.05) is 29.1 Å². The van der Waals surface area contributed by atoms with Crippen LogP contribution in [0.4, 0.5) is 5.69 Å². The van der Waals surface area contributed by atoms with Gasteiger partial charge in [-0.05, 0) is 43.2 Å². The highest BCUT2D eigenvalue weighted by molar-refractivity contribution is 7.99. The minimum atomic E-state index is 0.0195. The lowest BCUT2D eigenvalue weighted by molar-refractivity contribution is 0.0982. The van der Waals surface area contributed by atoms with E-state index in [1.807, 2.05) is 47.4 Å². The van der Waals surface area contributed by atoms with Crippen molar-refractivity contribution in [2.75, 3.05) is 4.90 Å². The van der Waals surface area contributed by atoms with Crippen molar-refractivity contribution in [3.05, 3.63) is 53.6 Å². The molecule has 0 unspecified atom stereocenters. The van der Waals surface area contributed by atoms with E-state index in [-0.39, 0.29) is 17.8 Å². The maximum atomic E-state index is 13.0. The smallest absolute Gasteiger partial charge is 0.259 e. The predicted octanol–water partition coefficient (Wildman–Crippen LogP) is 3.05. The summed E-state index contributed by atoms with van der Waals surface area (Å²) in [6, 6.07) is 13.5. The molecule has 1 heterocycles. The predicted molar refractivity (Wildman–Crippen MR) is 89.3 cm³/mol. The quantitative estimate of drug-likeness (QED) is 0.385. The molecule has 2 aromatic carbocycles. The summed E-state index contributed by atoms with van der Waals surface area (Å²) in [6.45, 7) is 0. The molecule has 0 saturated heterocycles. The van der Waals surface area contributed by atoms with Gasteiger partial charge in [0.15, 0.2) is 5.84 Å². The number of carbonyl (C=O) groups is 1. The van der Waals surface area contributed by atoms with Crippen LogP contribution in [0.2, 0.25) is 0 Å². The molecule has 2 aromatic rings. The maximum absolute atomic E-state index is 13.0. The summed E-state index contributed by atoms with van der Waals surface area (Å²) in [5, 5.41) is 12.0. The summed E-state index contributed by atoms with van der Waals surface area (Å²) in [7, 11) is 0. The SMILES string of the molecule is N/C(=N/O)c1ccc2c(c1)N(C1CC1)C(=O)c1ccccc1S2. The van der Waals surface area contributed by atoms with Crippen LogP contribution in [0, 0.1) is 0 Å². The summed E-state index contributed by atoms with van der Waals surface area (Å²) in [5.41, 5.74) is 7.88. The van der Waals surface area contributed by atoms with E-state index in [0.29, 0.717) is 5.56 Å². The van der Waals surface area contributed by atoms with Gasteiger partial charge in [0.25, 0.3) is 5.91 Å². The number of nitrogens with zero attached hydrogens (tertiary/aromatic N) is 2. The molecule has 23 heavy (non-hydrogen) atoms. The molecule has 116 valence electrons. The lowest BCUT2D eigenvalue weighted by atomic mass is 10.1. The zero-order valence-corrected chi connectivity index (χ0v) is 13.1. The Labute approximate surface area is 137 Å². The zero-order valence-electron chi connectivity index (χ0n) is 12.3. The third-order valence-electron chi connectivity index (χ3n) is 4.09. The molecule has 0 bridgehead atoms. The molecule has 3 N–H and O–H groups in total. The van der Waals surface area contributed by atoms with Gasteiger partial charge in [0.1, 0.15) is 0 Å². The molecule has 1 aliphatic carbocycles. The summed E-state index contributed by atoms with van der Waals surface area (Å²) in [4.78, 5) is 16.9.